The van der Waals surface area contributed by atoms with Crippen molar-refractivity contribution in [2.45, 2.75) is 20.1 Å². The van der Waals surface area contributed by atoms with Crippen LogP contribution in [-0.4, -0.2) is 24.4 Å². The van der Waals surface area contributed by atoms with Gasteiger partial charge in [0, 0.05) is 0 Å². The molecule has 0 amide bonds. The molecule has 1 fully saturated rings. The van der Waals surface area contributed by atoms with Crippen LogP contribution in [-0.2, 0) is 13.6 Å². The Labute approximate surface area is 60.7 Å². The van der Waals surface area contributed by atoms with Crippen molar-refractivity contribution in [3.8, 4) is 0 Å². The minimum atomic E-state index is -2.25. The van der Waals surface area contributed by atoms with E-state index in [4.69, 9.17) is 18.7 Å². The van der Waals surface area contributed by atoms with Crippen LogP contribution in [0.2, 0.25) is 0 Å². The SMILES string of the molecule is CCO[P+]1(CO)OC(C)O1. The largest absolute Gasteiger partial charge is 0.444 e. The summed E-state index contributed by atoms with van der Waals surface area (Å²) < 4.78 is 15.4. The molecular formula is C5H12O4P+. The van der Waals surface area contributed by atoms with E-state index < -0.39 is 7.94 Å². The summed E-state index contributed by atoms with van der Waals surface area (Å²) in [6.07, 6.45) is -0.363. The number of rotatable bonds is 3. The Morgan fingerprint density at radius 2 is 2.20 bits per heavy atom. The first-order valence-electron chi connectivity index (χ1n) is 3.22. The molecule has 60 valence electrons. The highest BCUT2D eigenvalue weighted by Gasteiger charge is 2.58. The van der Waals surface area contributed by atoms with Gasteiger partial charge in [-0.1, -0.05) is 0 Å². The Hall–Kier alpha value is 0.270. The molecule has 4 nitrogen and oxygen atoms in total. The molecule has 0 aromatic heterocycles. The van der Waals surface area contributed by atoms with Crippen molar-refractivity contribution in [1.29, 1.82) is 0 Å². The summed E-state index contributed by atoms with van der Waals surface area (Å²) in [7, 11) is -2.25. The van der Waals surface area contributed by atoms with Crippen molar-refractivity contribution in [2.24, 2.45) is 0 Å². The van der Waals surface area contributed by atoms with Crippen molar-refractivity contribution >= 4 is 7.94 Å². The van der Waals surface area contributed by atoms with E-state index in [1.54, 1.807) is 6.92 Å². The van der Waals surface area contributed by atoms with E-state index in [-0.39, 0.29) is 12.6 Å². The lowest BCUT2D eigenvalue weighted by Gasteiger charge is -2.30. The molecule has 1 heterocycles. The van der Waals surface area contributed by atoms with Gasteiger partial charge in [0.15, 0.2) is 0 Å². The average Bonchev–Trinajstić information content (AvgIpc) is 1.84. The van der Waals surface area contributed by atoms with Crippen LogP contribution in [0.3, 0.4) is 0 Å². The van der Waals surface area contributed by atoms with Crippen LogP contribution in [0.15, 0.2) is 0 Å². The zero-order valence-corrected chi connectivity index (χ0v) is 7.01. The third-order valence-electron chi connectivity index (χ3n) is 1.12. The van der Waals surface area contributed by atoms with Crippen molar-refractivity contribution in [1.82, 2.24) is 0 Å². The van der Waals surface area contributed by atoms with Crippen LogP contribution in [0.1, 0.15) is 13.8 Å². The molecule has 0 saturated carbocycles. The van der Waals surface area contributed by atoms with Crippen molar-refractivity contribution in [3.63, 3.8) is 0 Å². The van der Waals surface area contributed by atoms with Gasteiger partial charge in [0.1, 0.15) is 0 Å². The fourth-order valence-corrected chi connectivity index (χ4v) is 2.48. The standard InChI is InChI=1S/C5H12O4P/c1-3-7-10(4-6)8-5(2)9-10/h5-6H,3-4H2,1-2H3/q+1. The summed E-state index contributed by atoms with van der Waals surface area (Å²) in [4.78, 5) is 0. The number of hydrogen-bond acceptors (Lipinski definition) is 4. The molecule has 0 aliphatic carbocycles. The highest BCUT2D eigenvalue weighted by molar-refractivity contribution is 7.62. The molecule has 0 unspecified atom stereocenters. The first kappa shape index (κ1) is 8.37. The van der Waals surface area contributed by atoms with Gasteiger partial charge in [0.2, 0.25) is 6.35 Å². The third-order valence-corrected chi connectivity index (χ3v) is 3.35. The normalized spacial score (nSPS) is 39.3. The molecule has 1 saturated heterocycles. The van der Waals surface area contributed by atoms with E-state index in [2.05, 4.69) is 0 Å². The maximum absolute atomic E-state index is 8.76. The first-order valence-corrected chi connectivity index (χ1v) is 4.95. The van der Waals surface area contributed by atoms with Crippen molar-refractivity contribution in [3.05, 3.63) is 0 Å². The monoisotopic (exact) mass is 167 g/mol. The summed E-state index contributed by atoms with van der Waals surface area (Å²) in [5.41, 5.74) is 0. The van der Waals surface area contributed by atoms with Crippen molar-refractivity contribution < 1.29 is 18.7 Å². The Balaban J connectivity index is 2.32. The molecule has 0 bridgehead atoms. The topological polar surface area (TPSA) is 47.9 Å². The summed E-state index contributed by atoms with van der Waals surface area (Å²) >= 11 is 0. The number of aliphatic hydroxyl groups is 1. The van der Waals surface area contributed by atoms with E-state index in [0.717, 1.165) is 0 Å². The second-order valence-electron chi connectivity index (χ2n) is 1.95. The van der Waals surface area contributed by atoms with Gasteiger partial charge in [-0.3, -0.25) is 0 Å². The molecule has 5 heteroatoms. The molecule has 10 heavy (non-hydrogen) atoms. The Bertz CT molecular complexity index is 107. The maximum atomic E-state index is 8.76. The second-order valence-corrected chi connectivity index (χ2v) is 4.13. The predicted molar refractivity (Wildman–Crippen MR) is 37.3 cm³/mol. The van der Waals surface area contributed by atoms with E-state index in [0.29, 0.717) is 6.61 Å². The molecule has 1 rings (SSSR count). The number of hydrogen-bond donors (Lipinski definition) is 1. The second kappa shape index (κ2) is 3.11. The molecular weight excluding hydrogens is 155 g/mol. The molecule has 0 radical (unpaired) electrons. The van der Waals surface area contributed by atoms with Gasteiger partial charge in [-0.25, -0.2) is 0 Å². The summed E-state index contributed by atoms with van der Waals surface area (Å²) in [5.74, 6) is 0. The number of aliphatic hydroxyl groups excluding tert-OH is 1. The van der Waals surface area contributed by atoms with Crippen LogP contribution < -0.4 is 0 Å². The summed E-state index contributed by atoms with van der Waals surface area (Å²) in [6, 6.07) is 0. The molecule has 0 aromatic carbocycles. The van der Waals surface area contributed by atoms with Crippen LogP contribution in [0.5, 0.6) is 0 Å². The van der Waals surface area contributed by atoms with Gasteiger partial charge in [-0.15, -0.1) is 9.05 Å². The van der Waals surface area contributed by atoms with E-state index in [1.807, 2.05) is 6.92 Å². The van der Waals surface area contributed by atoms with E-state index >= 15 is 0 Å². The Morgan fingerprint density at radius 1 is 1.60 bits per heavy atom. The average molecular weight is 167 g/mol. The lowest BCUT2D eigenvalue weighted by molar-refractivity contribution is -0.110. The molecule has 0 aromatic rings. The smallest absolute Gasteiger partial charge is 0.355 e. The highest BCUT2D eigenvalue weighted by Crippen LogP contribution is 2.70. The lowest BCUT2D eigenvalue weighted by atomic mass is 10.8. The molecule has 1 N–H and O–H groups in total. The van der Waals surface area contributed by atoms with Gasteiger partial charge in [0.05, 0.1) is 6.61 Å². The van der Waals surface area contributed by atoms with Crippen molar-refractivity contribution in [2.75, 3.05) is 13.0 Å². The van der Waals surface area contributed by atoms with E-state index in [1.165, 1.54) is 0 Å². The molecule has 0 atom stereocenters. The van der Waals surface area contributed by atoms with Gasteiger partial charge in [0.25, 0.3) is 6.29 Å². The molecule has 0 spiro atoms. The zero-order valence-electron chi connectivity index (χ0n) is 6.11. The Kier molecular flexibility index (Phi) is 2.61. The minimum absolute atomic E-state index is 0.148. The molecule has 1 aliphatic heterocycles. The van der Waals surface area contributed by atoms with Crippen LogP contribution in [0.25, 0.3) is 0 Å². The summed E-state index contributed by atoms with van der Waals surface area (Å²) in [6.45, 7) is 4.13. The van der Waals surface area contributed by atoms with E-state index in [9.17, 15) is 0 Å². The molecule has 1 aliphatic rings. The predicted octanol–water partition coefficient (Wildman–Crippen LogP) is 1.13. The minimum Gasteiger partial charge on any atom is -0.355 e. The summed E-state index contributed by atoms with van der Waals surface area (Å²) in [5, 5.41) is 8.76. The third kappa shape index (κ3) is 1.47. The lowest BCUT2D eigenvalue weighted by Crippen LogP contribution is -2.30. The van der Waals surface area contributed by atoms with Gasteiger partial charge < -0.3 is 5.11 Å². The quantitative estimate of drug-likeness (QED) is 0.640. The Morgan fingerprint density at radius 3 is 2.50 bits per heavy atom. The fourth-order valence-electron chi connectivity index (χ4n) is 0.825. The van der Waals surface area contributed by atoms with Gasteiger partial charge in [-0.05, 0) is 13.8 Å². The van der Waals surface area contributed by atoms with Crippen LogP contribution >= 0.6 is 7.94 Å². The van der Waals surface area contributed by atoms with Gasteiger partial charge in [-0.2, -0.15) is 4.52 Å². The highest BCUT2D eigenvalue weighted by atomic mass is 31.2. The van der Waals surface area contributed by atoms with Gasteiger partial charge >= 0.3 is 7.94 Å². The van der Waals surface area contributed by atoms with Crippen LogP contribution in [0, 0.1) is 0 Å². The first-order chi connectivity index (χ1) is 4.72. The maximum Gasteiger partial charge on any atom is 0.444 e. The van der Waals surface area contributed by atoms with Crippen LogP contribution in [0.4, 0.5) is 0 Å². The fraction of sp³-hybridized carbons (Fsp3) is 1.00. The zero-order chi connectivity index (χ0) is 7.61.